The standard InChI is InChI=1S/C10H19.C3H4O4.Na/c1-10(2,3)9-7-5-4-6-8-9;4-2(5)1-3(6)7;/h4-8H2,1-3H3;1H2,(H,4,5)(H,6,7);. The molecule has 0 saturated heterocycles. The molecule has 0 aromatic carbocycles. The van der Waals surface area contributed by atoms with Crippen LogP contribution >= 0.6 is 0 Å². The van der Waals surface area contributed by atoms with Crippen molar-refractivity contribution in [3.05, 3.63) is 0 Å². The Labute approximate surface area is 127 Å². The molecule has 1 aliphatic carbocycles. The fourth-order valence-corrected chi connectivity index (χ4v) is 2.92. The van der Waals surface area contributed by atoms with Crippen LogP contribution in [-0.4, -0.2) is 50.1 Å². The van der Waals surface area contributed by atoms with E-state index in [1.807, 2.05) is 0 Å². The quantitative estimate of drug-likeness (QED) is 0.595. The Hall–Kier alpha value is -0.0600. The van der Waals surface area contributed by atoms with Gasteiger partial charge in [0, 0.05) is 0 Å². The summed E-state index contributed by atoms with van der Waals surface area (Å²) in [5, 5.41) is 15.4. The summed E-state index contributed by atoms with van der Waals surface area (Å²) in [7, 11) is 0. The summed E-state index contributed by atoms with van der Waals surface area (Å²) in [6.45, 7) is 7.27. The summed E-state index contributed by atoms with van der Waals surface area (Å²) in [6.07, 6.45) is 6.66. The first-order valence-electron chi connectivity index (χ1n) is 6.52. The average Bonchev–Trinajstić information content (AvgIpc) is 2.15. The molecule has 0 aromatic heterocycles. The van der Waals surface area contributed by atoms with Crippen LogP contribution < -0.4 is 0 Å². The summed E-state index contributed by atoms with van der Waals surface area (Å²) in [5.41, 5.74) is 0.569. The van der Waals surface area contributed by atoms with Gasteiger partial charge in [0.05, 0.1) is 0 Å². The van der Waals surface area contributed by atoms with Gasteiger partial charge in [0.25, 0.3) is 0 Å². The Bertz CT molecular complexity index is 276. The zero-order valence-electron chi connectivity index (χ0n) is 12.0. The molecule has 4 nitrogen and oxygen atoms in total. The first-order chi connectivity index (χ1) is 8.08. The Balaban J connectivity index is 0.000000360. The van der Waals surface area contributed by atoms with E-state index >= 15 is 0 Å². The van der Waals surface area contributed by atoms with Crippen LogP contribution in [0, 0.1) is 5.41 Å². The number of hydrogen-bond acceptors (Lipinski definition) is 2. The molecule has 100 valence electrons. The van der Waals surface area contributed by atoms with Gasteiger partial charge in [-0.1, -0.05) is 0 Å². The van der Waals surface area contributed by atoms with Gasteiger partial charge in [0.2, 0.25) is 0 Å². The van der Waals surface area contributed by atoms with Crippen LogP contribution in [0.2, 0.25) is 2.66 Å². The molecule has 0 bridgehead atoms. The molecule has 1 fully saturated rings. The van der Waals surface area contributed by atoms with Crippen molar-refractivity contribution in [2.75, 3.05) is 0 Å². The molecule has 1 saturated carbocycles. The van der Waals surface area contributed by atoms with Crippen molar-refractivity contribution < 1.29 is 19.8 Å². The van der Waals surface area contributed by atoms with Gasteiger partial charge in [0.1, 0.15) is 6.42 Å². The first kappa shape index (κ1) is 17.9. The van der Waals surface area contributed by atoms with Crippen molar-refractivity contribution in [3.8, 4) is 0 Å². The maximum atomic E-state index is 9.43. The Morgan fingerprint density at radius 2 is 1.44 bits per heavy atom. The molecule has 1 rings (SSSR count). The molecule has 0 aliphatic heterocycles. The van der Waals surface area contributed by atoms with Crippen molar-refractivity contribution >= 4 is 39.9 Å². The zero-order valence-corrected chi connectivity index (χ0v) is 14.0. The van der Waals surface area contributed by atoms with Gasteiger partial charge in [-0.3, -0.25) is 9.59 Å². The summed E-state index contributed by atoms with van der Waals surface area (Å²) >= 11 is 1.39. The summed E-state index contributed by atoms with van der Waals surface area (Å²) in [4.78, 5) is 18.9. The van der Waals surface area contributed by atoms with Gasteiger partial charge in [0.15, 0.2) is 0 Å². The third-order valence-corrected chi connectivity index (χ3v) is 6.57. The second-order valence-electron chi connectivity index (χ2n) is 6.34. The molecule has 1 aliphatic rings. The van der Waals surface area contributed by atoms with Gasteiger partial charge in [-0.25, -0.2) is 0 Å². The van der Waals surface area contributed by atoms with Crippen LogP contribution in [0.5, 0.6) is 0 Å². The number of rotatable bonds is 2. The number of carboxylic acid groups (broad SMARTS) is 2. The molecule has 0 heterocycles. The van der Waals surface area contributed by atoms with Gasteiger partial charge < -0.3 is 10.2 Å². The summed E-state index contributed by atoms with van der Waals surface area (Å²) in [6, 6.07) is 0. The number of aliphatic carboxylic acids is 2. The molecule has 0 radical (unpaired) electrons. The Morgan fingerprint density at radius 1 is 1.06 bits per heavy atom. The molecular formula is C13H23NaO4. The summed E-state index contributed by atoms with van der Waals surface area (Å²) in [5.74, 6) is -2.62. The van der Waals surface area contributed by atoms with E-state index in [-0.39, 0.29) is 0 Å². The molecule has 0 amide bonds. The van der Waals surface area contributed by atoms with Crippen LogP contribution in [0.25, 0.3) is 0 Å². The number of carbonyl (C=O) groups is 2. The molecule has 18 heavy (non-hydrogen) atoms. The Kier molecular flexibility index (Phi) is 7.48. The minimum Gasteiger partial charge on any atom is -0.481 e. The van der Waals surface area contributed by atoms with E-state index in [1.165, 1.54) is 60.0 Å². The van der Waals surface area contributed by atoms with Gasteiger partial charge in [-0.15, -0.1) is 0 Å². The molecule has 5 heteroatoms. The summed E-state index contributed by atoms with van der Waals surface area (Å²) < 4.78 is 0.755. The monoisotopic (exact) mass is 266 g/mol. The minimum absolute atomic E-state index is 0.569. The Morgan fingerprint density at radius 3 is 1.61 bits per heavy atom. The largest absolute Gasteiger partial charge is 0.481 e. The molecular weight excluding hydrogens is 243 g/mol. The average molecular weight is 266 g/mol. The van der Waals surface area contributed by atoms with E-state index in [9.17, 15) is 9.59 Å². The maximum absolute atomic E-state index is 9.43. The topological polar surface area (TPSA) is 74.6 Å². The van der Waals surface area contributed by atoms with Gasteiger partial charge in [-0.2, -0.15) is 0 Å². The van der Waals surface area contributed by atoms with E-state index in [1.54, 1.807) is 0 Å². The predicted octanol–water partition coefficient (Wildman–Crippen LogP) is 2.87. The fourth-order valence-electron chi connectivity index (χ4n) is 2.21. The third kappa shape index (κ3) is 6.76. The van der Waals surface area contributed by atoms with E-state index in [2.05, 4.69) is 20.8 Å². The van der Waals surface area contributed by atoms with Crippen LogP contribution in [0.4, 0.5) is 0 Å². The van der Waals surface area contributed by atoms with Crippen LogP contribution in [0.3, 0.4) is 0 Å². The van der Waals surface area contributed by atoms with Crippen LogP contribution in [0.1, 0.15) is 59.3 Å². The molecule has 0 unspecified atom stereocenters. The van der Waals surface area contributed by atoms with E-state index in [4.69, 9.17) is 10.2 Å². The van der Waals surface area contributed by atoms with E-state index in [0.29, 0.717) is 5.41 Å². The second kappa shape index (κ2) is 7.51. The number of carboxylic acids is 2. The third-order valence-electron chi connectivity index (χ3n) is 4.07. The van der Waals surface area contributed by atoms with Crippen molar-refractivity contribution in [1.29, 1.82) is 0 Å². The second-order valence-corrected chi connectivity index (χ2v) is 8.25. The fraction of sp³-hybridized carbons (Fsp3) is 0.846. The van der Waals surface area contributed by atoms with Crippen molar-refractivity contribution in [2.24, 2.45) is 5.41 Å². The molecule has 2 N–H and O–H groups in total. The van der Waals surface area contributed by atoms with E-state index < -0.39 is 18.4 Å². The SMILES string of the molecule is CC(C)(C)[C]1([Na])CCCCC1.O=C(O)CC(=O)O. The predicted molar refractivity (Wildman–Crippen MR) is 70.9 cm³/mol. The minimum atomic E-state index is -1.31. The van der Waals surface area contributed by atoms with Crippen LogP contribution in [0.15, 0.2) is 0 Å². The van der Waals surface area contributed by atoms with Crippen LogP contribution in [-0.2, 0) is 9.59 Å². The maximum Gasteiger partial charge on any atom is 0.314 e. The van der Waals surface area contributed by atoms with Crippen molar-refractivity contribution in [1.82, 2.24) is 0 Å². The van der Waals surface area contributed by atoms with Crippen molar-refractivity contribution in [2.45, 2.75) is 62.0 Å². The normalized spacial score (nSPS) is 18.5. The smallest absolute Gasteiger partial charge is 0.314 e. The zero-order chi connectivity index (χ0) is 14.4. The van der Waals surface area contributed by atoms with Gasteiger partial charge in [-0.05, 0) is 0 Å². The van der Waals surface area contributed by atoms with Crippen molar-refractivity contribution in [3.63, 3.8) is 0 Å². The number of hydrogen-bond donors (Lipinski definition) is 2. The molecule has 0 spiro atoms. The van der Waals surface area contributed by atoms with E-state index in [0.717, 1.165) is 2.66 Å². The van der Waals surface area contributed by atoms with Gasteiger partial charge >= 0.3 is 101 Å². The molecule has 0 aromatic rings. The molecule has 0 atom stereocenters. The first-order valence-corrected chi connectivity index (χ1v) is 7.52.